The van der Waals surface area contributed by atoms with Crippen LogP contribution in [-0.2, 0) is 0 Å². The highest BCUT2D eigenvalue weighted by Crippen LogP contribution is 2.45. The molecule has 0 amide bonds. The molecular formula is C42H27NS. The average Bonchev–Trinajstić information content (AvgIpc) is 3.48. The molecule has 0 fully saturated rings. The maximum atomic E-state index is 2.39. The Balaban J connectivity index is 1.22. The summed E-state index contributed by atoms with van der Waals surface area (Å²) in [5, 5.41) is 10.4. The Morgan fingerprint density at radius 2 is 1.05 bits per heavy atom. The van der Waals surface area contributed by atoms with Crippen molar-refractivity contribution in [1.82, 2.24) is 0 Å². The van der Waals surface area contributed by atoms with Gasteiger partial charge in [-0.3, -0.25) is 0 Å². The first-order valence-corrected chi connectivity index (χ1v) is 15.8. The molecule has 1 nitrogen and oxygen atoms in total. The molecule has 0 atom stereocenters. The van der Waals surface area contributed by atoms with Crippen molar-refractivity contribution in [2.45, 2.75) is 0 Å². The molecule has 0 aliphatic rings. The number of benzene rings is 8. The SMILES string of the molecule is c1ccc(N(c2ccc(-c3cc4ccc5ccccc5c4c4ccccc34)cc2)c2cccc3c2sc2ccccc23)cc1. The summed E-state index contributed by atoms with van der Waals surface area (Å²) in [5.74, 6) is 0. The standard InChI is InChI=1S/C42H27NS/c1-2-12-31(13-3-1)43(39-19-10-18-37-35-16-8-9-20-40(35)44-42(37)39)32-25-23-29(24-26-32)38-27-30-22-21-28-11-4-5-14-33(28)41(30)36-17-7-6-15-34(36)38/h1-27H. The van der Waals surface area contributed by atoms with Crippen molar-refractivity contribution in [3.8, 4) is 11.1 Å². The zero-order chi connectivity index (χ0) is 29.0. The van der Waals surface area contributed by atoms with E-state index in [2.05, 4.69) is 169 Å². The van der Waals surface area contributed by atoms with Crippen molar-refractivity contribution in [1.29, 1.82) is 0 Å². The largest absolute Gasteiger partial charge is 0.309 e. The maximum absolute atomic E-state index is 2.39. The topological polar surface area (TPSA) is 3.24 Å². The molecule has 2 heteroatoms. The predicted molar refractivity (Wildman–Crippen MR) is 192 cm³/mol. The van der Waals surface area contributed by atoms with Crippen molar-refractivity contribution >= 4 is 80.9 Å². The molecular weight excluding hydrogens is 551 g/mol. The van der Waals surface area contributed by atoms with Crippen LogP contribution in [0.3, 0.4) is 0 Å². The van der Waals surface area contributed by atoms with Gasteiger partial charge in [-0.2, -0.15) is 0 Å². The minimum absolute atomic E-state index is 1.14. The van der Waals surface area contributed by atoms with Gasteiger partial charge >= 0.3 is 0 Å². The summed E-state index contributed by atoms with van der Waals surface area (Å²) >= 11 is 1.87. The van der Waals surface area contributed by atoms with Crippen LogP contribution >= 0.6 is 11.3 Å². The Labute approximate surface area is 259 Å². The number of anilines is 3. The molecule has 0 radical (unpaired) electrons. The summed E-state index contributed by atoms with van der Waals surface area (Å²) in [6, 6.07) is 59.6. The number of fused-ring (bicyclic) bond motifs is 8. The van der Waals surface area contributed by atoms with Gasteiger partial charge in [0.15, 0.2) is 0 Å². The van der Waals surface area contributed by atoms with E-state index in [0.717, 1.165) is 11.4 Å². The van der Waals surface area contributed by atoms with E-state index >= 15 is 0 Å². The van der Waals surface area contributed by atoms with Gasteiger partial charge < -0.3 is 4.90 Å². The molecule has 8 aromatic carbocycles. The lowest BCUT2D eigenvalue weighted by molar-refractivity contribution is 1.30. The molecule has 0 saturated carbocycles. The van der Waals surface area contributed by atoms with Crippen molar-refractivity contribution in [3.63, 3.8) is 0 Å². The second-order valence-electron chi connectivity index (χ2n) is 11.3. The fraction of sp³-hybridized carbons (Fsp3) is 0. The van der Waals surface area contributed by atoms with Gasteiger partial charge in [-0.15, -0.1) is 11.3 Å². The third-order valence-electron chi connectivity index (χ3n) is 8.82. The highest BCUT2D eigenvalue weighted by atomic mass is 32.1. The number of hydrogen-bond donors (Lipinski definition) is 0. The number of hydrogen-bond acceptors (Lipinski definition) is 2. The minimum atomic E-state index is 1.14. The minimum Gasteiger partial charge on any atom is -0.309 e. The van der Waals surface area contributed by atoms with Gasteiger partial charge in [0, 0.05) is 26.8 Å². The Morgan fingerprint density at radius 1 is 0.409 bits per heavy atom. The molecule has 0 spiro atoms. The Morgan fingerprint density at radius 3 is 1.89 bits per heavy atom. The number of para-hydroxylation sites is 1. The lowest BCUT2D eigenvalue weighted by atomic mass is 9.91. The number of rotatable bonds is 4. The van der Waals surface area contributed by atoms with Gasteiger partial charge in [0.25, 0.3) is 0 Å². The van der Waals surface area contributed by atoms with Gasteiger partial charge in [0.1, 0.15) is 0 Å². The van der Waals surface area contributed by atoms with E-state index in [-0.39, 0.29) is 0 Å². The molecule has 0 aliphatic heterocycles. The van der Waals surface area contributed by atoms with Crippen LogP contribution in [0.4, 0.5) is 17.1 Å². The maximum Gasteiger partial charge on any atom is 0.0640 e. The van der Waals surface area contributed by atoms with Crippen LogP contribution < -0.4 is 4.90 Å². The van der Waals surface area contributed by atoms with Crippen LogP contribution in [0.5, 0.6) is 0 Å². The zero-order valence-corrected chi connectivity index (χ0v) is 24.8. The molecule has 0 N–H and O–H groups in total. The summed E-state index contributed by atoms with van der Waals surface area (Å²) in [4.78, 5) is 2.39. The fourth-order valence-corrected chi connectivity index (χ4v) is 8.03. The third kappa shape index (κ3) is 3.92. The van der Waals surface area contributed by atoms with Crippen LogP contribution in [0.25, 0.3) is 63.6 Å². The van der Waals surface area contributed by atoms with Gasteiger partial charge in [0.2, 0.25) is 0 Å². The van der Waals surface area contributed by atoms with Crippen molar-refractivity contribution in [2.24, 2.45) is 0 Å². The van der Waals surface area contributed by atoms with Crippen LogP contribution in [0, 0.1) is 0 Å². The summed E-state index contributed by atoms with van der Waals surface area (Å²) in [5.41, 5.74) is 5.96. The predicted octanol–water partition coefficient (Wildman–Crippen LogP) is 12.7. The lowest BCUT2D eigenvalue weighted by Crippen LogP contribution is -2.09. The zero-order valence-electron chi connectivity index (χ0n) is 23.9. The first-order chi connectivity index (χ1) is 21.8. The fourth-order valence-electron chi connectivity index (χ4n) is 6.82. The second kappa shape index (κ2) is 10.1. The smallest absolute Gasteiger partial charge is 0.0640 e. The van der Waals surface area contributed by atoms with Crippen LogP contribution in [-0.4, -0.2) is 0 Å². The van der Waals surface area contributed by atoms with E-state index in [1.165, 1.54) is 69.3 Å². The molecule has 9 aromatic rings. The Hall–Kier alpha value is -5.44. The van der Waals surface area contributed by atoms with Crippen molar-refractivity contribution < 1.29 is 0 Å². The van der Waals surface area contributed by atoms with Gasteiger partial charge in [-0.05, 0) is 85.9 Å². The molecule has 44 heavy (non-hydrogen) atoms. The summed E-state index contributed by atoms with van der Waals surface area (Å²) in [6.45, 7) is 0. The summed E-state index contributed by atoms with van der Waals surface area (Å²) < 4.78 is 2.61. The quantitative estimate of drug-likeness (QED) is 0.188. The van der Waals surface area contributed by atoms with Gasteiger partial charge in [0.05, 0.1) is 10.4 Å². The molecule has 0 aliphatic carbocycles. The highest BCUT2D eigenvalue weighted by Gasteiger charge is 2.18. The Kier molecular flexibility index (Phi) is 5.75. The summed E-state index contributed by atoms with van der Waals surface area (Å²) in [7, 11) is 0. The van der Waals surface area contributed by atoms with Crippen LogP contribution in [0.2, 0.25) is 0 Å². The van der Waals surface area contributed by atoms with E-state index in [1.807, 2.05) is 11.3 Å². The van der Waals surface area contributed by atoms with Gasteiger partial charge in [-0.1, -0.05) is 121 Å². The van der Waals surface area contributed by atoms with Gasteiger partial charge in [-0.25, -0.2) is 0 Å². The van der Waals surface area contributed by atoms with Crippen LogP contribution in [0.1, 0.15) is 0 Å². The molecule has 0 unspecified atom stereocenters. The monoisotopic (exact) mass is 577 g/mol. The molecule has 0 saturated heterocycles. The third-order valence-corrected chi connectivity index (χ3v) is 10.0. The second-order valence-corrected chi connectivity index (χ2v) is 12.4. The van der Waals surface area contributed by atoms with E-state index < -0.39 is 0 Å². The average molecular weight is 578 g/mol. The Bertz CT molecular complexity index is 2490. The van der Waals surface area contributed by atoms with Crippen LogP contribution in [0.15, 0.2) is 164 Å². The van der Waals surface area contributed by atoms with E-state index in [4.69, 9.17) is 0 Å². The molecule has 9 rings (SSSR count). The lowest BCUT2D eigenvalue weighted by Gasteiger charge is -2.26. The number of thiophene rings is 1. The van der Waals surface area contributed by atoms with E-state index in [9.17, 15) is 0 Å². The molecule has 0 bridgehead atoms. The van der Waals surface area contributed by atoms with Crippen molar-refractivity contribution in [2.75, 3.05) is 4.90 Å². The normalized spacial score (nSPS) is 11.6. The first kappa shape index (κ1) is 25.1. The molecule has 1 aromatic heterocycles. The van der Waals surface area contributed by atoms with E-state index in [0.29, 0.717) is 0 Å². The number of nitrogens with zero attached hydrogens (tertiary/aromatic N) is 1. The highest BCUT2D eigenvalue weighted by molar-refractivity contribution is 7.26. The first-order valence-electron chi connectivity index (χ1n) is 15.0. The molecule has 206 valence electrons. The van der Waals surface area contributed by atoms with E-state index in [1.54, 1.807) is 0 Å². The molecule has 1 heterocycles. The summed E-state index contributed by atoms with van der Waals surface area (Å²) in [6.07, 6.45) is 0. The van der Waals surface area contributed by atoms with Crippen molar-refractivity contribution in [3.05, 3.63) is 164 Å².